The van der Waals surface area contributed by atoms with Crippen LogP contribution >= 0.6 is 23.4 Å². The molecule has 0 heterocycles. The minimum absolute atomic E-state index is 0.485. The van der Waals surface area contributed by atoms with Gasteiger partial charge >= 0.3 is 0 Å². The van der Waals surface area contributed by atoms with Gasteiger partial charge in [-0.2, -0.15) is 5.26 Å². The Labute approximate surface area is 75.0 Å². The standard InChI is InChI=1S/C8H6ClNS/c9-6-11-8-4-2-1-3-7(8)5-10/h1-4H,6H2. The molecule has 1 aromatic rings. The first-order valence-electron chi connectivity index (χ1n) is 3.06. The van der Waals surface area contributed by atoms with E-state index in [9.17, 15) is 0 Å². The van der Waals surface area contributed by atoms with Gasteiger partial charge in [0.1, 0.15) is 6.07 Å². The lowest BCUT2D eigenvalue weighted by atomic mass is 10.2. The van der Waals surface area contributed by atoms with E-state index in [0.29, 0.717) is 10.8 Å². The van der Waals surface area contributed by atoms with E-state index in [2.05, 4.69) is 6.07 Å². The molecule has 0 saturated carbocycles. The van der Waals surface area contributed by atoms with E-state index in [4.69, 9.17) is 16.9 Å². The molecule has 0 aliphatic rings. The fourth-order valence-corrected chi connectivity index (χ4v) is 1.66. The summed E-state index contributed by atoms with van der Waals surface area (Å²) < 4.78 is 0. The first kappa shape index (κ1) is 8.45. The zero-order valence-electron chi connectivity index (χ0n) is 5.75. The summed E-state index contributed by atoms with van der Waals surface area (Å²) in [4.78, 5) is 0.949. The van der Waals surface area contributed by atoms with Gasteiger partial charge in [-0.25, -0.2) is 0 Å². The van der Waals surface area contributed by atoms with Gasteiger partial charge in [0.15, 0.2) is 0 Å². The largest absolute Gasteiger partial charge is 0.192 e. The Hall–Kier alpha value is -0.650. The predicted molar refractivity (Wildman–Crippen MR) is 47.7 cm³/mol. The normalized spacial score (nSPS) is 9.09. The lowest BCUT2D eigenvalue weighted by molar-refractivity contribution is 1.37. The second-order valence-corrected chi connectivity index (χ2v) is 3.46. The monoisotopic (exact) mass is 183 g/mol. The smallest absolute Gasteiger partial charge is 0.100 e. The van der Waals surface area contributed by atoms with E-state index >= 15 is 0 Å². The van der Waals surface area contributed by atoms with Crippen LogP contribution in [-0.2, 0) is 0 Å². The molecular formula is C8H6ClNS. The molecular weight excluding hydrogens is 178 g/mol. The van der Waals surface area contributed by atoms with E-state index in [0.717, 1.165) is 4.90 Å². The Kier molecular flexibility index (Phi) is 3.28. The molecule has 0 aromatic heterocycles. The van der Waals surface area contributed by atoms with Crippen LogP contribution < -0.4 is 0 Å². The number of benzene rings is 1. The van der Waals surface area contributed by atoms with Crippen LogP contribution in [0.5, 0.6) is 0 Å². The number of halogens is 1. The third-order valence-corrected chi connectivity index (χ3v) is 2.32. The molecule has 0 fully saturated rings. The number of rotatable bonds is 2. The first-order chi connectivity index (χ1) is 5.38. The van der Waals surface area contributed by atoms with Crippen LogP contribution in [0.4, 0.5) is 0 Å². The highest BCUT2D eigenvalue weighted by atomic mass is 35.5. The summed E-state index contributed by atoms with van der Waals surface area (Å²) in [6, 6.07) is 9.52. The molecule has 0 aliphatic carbocycles. The number of hydrogen-bond acceptors (Lipinski definition) is 2. The van der Waals surface area contributed by atoms with Crippen molar-refractivity contribution in [1.82, 2.24) is 0 Å². The van der Waals surface area contributed by atoms with Crippen LogP contribution in [0.1, 0.15) is 5.56 Å². The lowest BCUT2D eigenvalue weighted by Crippen LogP contribution is -1.78. The van der Waals surface area contributed by atoms with Gasteiger partial charge in [0.25, 0.3) is 0 Å². The number of nitrogens with zero attached hydrogens (tertiary/aromatic N) is 1. The summed E-state index contributed by atoms with van der Waals surface area (Å²) >= 11 is 6.99. The van der Waals surface area contributed by atoms with Gasteiger partial charge in [-0.1, -0.05) is 12.1 Å². The molecule has 0 spiro atoms. The predicted octanol–water partition coefficient (Wildman–Crippen LogP) is 2.85. The number of hydrogen-bond donors (Lipinski definition) is 0. The molecule has 0 radical (unpaired) electrons. The van der Waals surface area contributed by atoms with Gasteiger partial charge in [0.2, 0.25) is 0 Å². The maximum atomic E-state index is 8.64. The maximum Gasteiger partial charge on any atom is 0.100 e. The molecule has 0 aliphatic heterocycles. The van der Waals surface area contributed by atoms with Gasteiger partial charge in [-0.15, -0.1) is 23.4 Å². The zero-order chi connectivity index (χ0) is 8.10. The van der Waals surface area contributed by atoms with Crippen molar-refractivity contribution in [2.24, 2.45) is 0 Å². The first-order valence-corrected chi connectivity index (χ1v) is 4.58. The fraction of sp³-hybridized carbons (Fsp3) is 0.125. The molecule has 0 bridgehead atoms. The number of thioether (sulfide) groups is 1. The van der Waals surface area contributed by atoms with Crippen molar-refractivity contribution in [3.05, 3.63) is 29.8 Å². The van der Waals surface area contributed by atoms with Gasteiger partial charge < -0.3 is 0 Å². The molecule has 0 N–H and O–H groups in total. The second kappa shape index (κ2) is 4.27. The van der Waals surface area contributed by atoms with Crippen molar-refractivity contribution in [1.29, 1.82) is 5.26 Å². The van der Waals surface area contributed by atoms with E-state index < -0.39 is 0 Å². The lowest BCUT2D eigenvalue weighted by Gasteiger charge is -1.97. The van der Waals surface area contributed by atoms with Crippen molar-refractivity contribution in [2.45, 2.75) is 4.90 Å². The highest BCUT2D eigenvalue weighted by Crippen LogP contribution is 2.22. The van der Waals surface area contributed by atoms with Crippen LogP contribution in [0, 0.1) is 11.3 Å². The summed E-state index contributed by atoms with van der Waals surface area (Å²) in [6.45, 7) is 0. The summed E-state index contributed by atoms with van der Waals surface area (Å²) in [7, 11) is 0. The molecule has 0 unspecified atom stereocenters. The Bertz CT molecular complexity index is 280. The van der Waals surface area contributed by atoms with E-state index in [1.54, 1.807) is 6.07 Å². The number of alkyl halides is 1. The van der Waals surface area contributed by atoms with Crippen LogP contribution in [-0.4, -0.2) is 5.21 Å². The van der Waals surface area contributed by atoms with Crippen molar-refractivity contribution in [3.63, 3.8) is 0 Å². The Balaban J connectivity index is 2.95. The summed E-state index contributed by atoms with van der Waals surface area (Å²) in [5.41, 5.74) is 0.693. The molecule has 1 rings (SSSR count). The Morgan fingerprint density at radius 1 is 1.45 bits per heavy atom. The fourth-order valence-electron chi connectivity index (χ4n) is 0.744. The Morgan fingerprint density at radius 2 is 2.18 bits per heavy atom. The third kappa shape index (κ3) is 2.14. The third-order valence-electron chi connectivity index (χ3n) is 1.22. The SMILES string of the molecule is N#Cc1ccccc1SCCl. The van der Waals surface area contributed by atoms with E-state index in [1.165, 1.54) is 11.8 Å². The minimum Gasteiger partial charge on any atom is -0.192 e. The van der Waals surface area contributed by atoms with Crippen molar-refractivity contribution in [3.8, 4) is 6.07 Å². The number of nitriles is 1. The molecule has 11 heavy (non-hydrogen) atoms. The van der Waals surface area contributed by atoms with Crippen molar-refractivity contribution < 1.29 is 0 Å². The minimum atomic E-state index is 0.485. The van der Waals surface area contributed by atoms with Crippen molar-refractivity contribution in [2.75, 3.05) is 5.21 Å². The zero-order valence-corrected chi connectivity index (χ0v) is 7.32. The van der Waals surface area contributed by atoms with Crippen LogP contribution in [0.25, 0.3) is 0 Å². The highest BCUT2D eigenvalue weighted by molar-refractivity contribution is 8.00. The average molecular weight is 184 g/mol. The summed E-state index contributed by atoms with van der Waals surface area (Å²) in [6.07, 6.45) is 0. The molecule has 3 heteroatoms. The Morgan fingerprint density at radius 3 is 2.82 bits per heavy atom. The summed E-state index contributed by atoms with van der Waals surface area (Å²) in [5, 5.41) is 9.12. The summed E-state index contributed by atoms with van der Waals surface area (Å²) in [5.74, 6) is 0. The van der Waals surface area contributed by atoms with Gasteiger partial charge in [0.05, 0.1) is 10.8 Å². The average Bonchev–Trinajstić information content (AvgIpc) is 2.06. The molecule has 56 valence electrons. The quantitative estimate of drug-likeness (QED) is 0.520. The molecule has 1 nitrogen and oxygen atoms in total. The van der Waals surface area contributed by atoms with E-state index in [-0.39, 0.29) is 0 Å². The molecule has 1 aromatic carbocycles. The second-order valence-electron chi connectivity index (χ2n) is 1.86. The molecule has 0 amide bonds. The van der Waals surface area contributed by atoms with E-state index in [1.807, 2.05) is 18.2 Å². The van der Waals surface area contributed by atoms with Gasteiger partial charge in [-0.05, 0) is 12.1 Å². The van der Waals surface area contributed by atoms with Crippen molar-refractivity contribution >= 4 is 23.4 Å². The van der Waals surface area contributed by atoms with Gasteiger partial charge in [0, 0.05) is 4.90 Å². The van der Waals surface area contributed by atoms with Crippen LogP contribution in [0.15, 0.2) is 29.2 Å². The maximum absolute atomic E-state index is 8.64. The van der Waals surface area contributed by atoms with Crippen LogP contribution in [0.2, 0.25) is 0 Å². The highest BCUT2D eigenvalue weighted by Gasteiger charge is 1.98. The van der Waals surface area contributed by atoms with Crippen LogP contribution in [0.3, 0.4) is 0 Å². The topological polar surface area (TPSA) is 23.8 Å². The van der Waals surface area contributed by atoms with Gasteiger partial charge in [-0.3, -0.25) is 0 Å². The molecule has 0 atom stereocenters. The molecule has 0 saturated heterocycles.